The number of aryl methyl sites for hydroxylation is 1. The van der Waals surface area contributed by atoms with E-state index in [1.165, 1.54) is 18.5 Å². The second kappa shape index (κ2) is 7.62. The molecule has 9 nitrogen and oxygen atoms in total. The van der Waals surface area contributed by atoms with Crippen LogP contribution in [0.15, 0.2) is 41.8 Å². The zero-order valence-corrected chi connectivity index (χ0v) is 15.8. The summed E-state index contributed by atoms with van der Waals surface area (Å²) in [6.07, 6.45) is 6.16. The summed E-state index contributed by atoms with van der Waals surface area (Å²) in [6, 6.07) is 2.51. The molecule has 12 heteroatoms. The highest BCUT2D eigenvalue weighted by Gasteiger charge is 2.25. The number of sulfonamides is 1. The molecular weight excluding hydrogens is 413 g/mol. The van der Waals surface area contributed by atoms with Gasteiger partial charge in [-0.05, 0) is 12.1 Å². The Morgan fingerprint density at radius 3 is 2.71 bits per heavy atom. The molecule has 1 aromatic heterocycles. The number of hydrazine groups is 1. The van der Waals surface area contributed by atoms with Gasteiger partial charge in [-0.2, -0.15) is 0 Å². The van der Waals surface area contributed by atoms with Crippen LogP contribution in [0.2, 0.25) is 5.02 Å². The Morgan fingerprint density at radius 2 is 2.11 bits per heavy atom. The van der Waals surface area contributed by atoms with Crippen LogP contribution in [0.4, 0.5) is 4.39 Å². The fourth-order valence-electron chi connectivity index (χ4n) is 2.32. The molecule has 0 radical (unpaired) electrons. The molecule has 146 valence electrons. The van der Waals surface area contributed by atoms with E-state index in [-0.39, 0.29) is 5.02 Å². The summed E-state index contributed by atoms with van der Waals surface area (Å²) in [7, 11) is -2.40. The molecule has 1 aliphatic heterocycles. The van der Waals surface area contributed by atoms with Gasteiger partial charge in [0.05, 0.1) is 22.6 Å². The fraction of sp³-hybridized carbons (Fsp3) is 0.125. The first-order chi connectivity index (χ1) is 13.2. The third-order valence-electron chi connectivity index (χ3n) is 3.72. The van der Waals surface area contributed by atoms with Crippen molar-refractivity contribution in [2.24, 2.45) is 12.0 Å². The van der Waals surface area contributed by atoms with Crippen molar-refractivity contribution >= 4 is 39.7 Å². The molecule has 0 fully saturated rings. The number of hydrogen-bond donors (Lipinski definition) is 2. The molecule has 28 heavy (non-hydrogen) atoms. The van der Waals surface area contributed by atoms with Crippen molar-refractivity contribution in [2.45, 2.75) is 5.25 Å². The van der Waals surface area contributed by atoms with E-state index in [0.717, 1.165) is 18.4 Å². The predicted octanol–water partition coefficient (Wildman–Crippen LogP) is 0.980. The van der Waals surface area contributed by atoms with E-state index in [1.807, 2.05) is 10.3 Å². The lowest BCUT2D eigenvalue weighted by atomic mass is 10.1. The van der Waals surface area contributed by atoms with Crippen LogP contribution in [-0.2, 0) is 21.9 Å². The topological polar surface area (TPSA) is 123 Å². The Kier molecular flexibility index (Phi) is 5.40. The van der Waals surface area contributed by atoms with Crippen LogP contribution in [0.5, 0.6) is 0 Å². The molecule has 0 saturated carbocycles. The highest BCUT2D eigenvalue weighted by molar-refractivity contribution is 7.90. The SMILES string of the molecule is Cn1cnc(-c2cc(Cl)c(F)c(C(=O)NNS(=O)(=O)C3C=CC(=O)N=C3)c2)c1. The van der Waals surface area contributed by atoms with E-state index in [4.69, 9.17) is 11.6 Å². The van der Waals surface area contributed by atoms with Crippen LogP contribution < -0.4 is 10.3 Å². The van der Waals surface area contributed by atoms with Crippen LogP contribution >= 0.6 is 11.6 Å². The Balaban J connectivity index is 1.81. The zero-order chi connectivity index (χ0) is 20.5. The molecule has 3 rings (SSSR count). The number of rotatable bonds is 5. The minimum atomic E-state index is -4.13. The maximum Gasteiger partial charge on any atom is 0.269 e. The Hall–Kier alpha value is -2.89. The van der Waals surface area contributed by atoms with Crippen LogP contribution in [0.1, 0.15) is 10.4 Å². The van der Waals surface area contributed by atoms with E-state index < -0.39 is 38.5 Å². The summed E-state index contributed by atoms with van der Waals surface area (Å²) in [5, 5.41) is -1.59. The highest BCUT2D eigenvalue weighted by Crippen LogP contribution is 2.27. The van der Waals surface area contributed by atoms with Crippen LogP contribution in [-0.4, -0.2) is 41.2 Å². The van der Waals surface area contributed by atoms with Gasteiger partial charge < -0.3 is 4.57 Å². The number of nitrogens with zero attached hydrogens (tertiary/aromatic N) is 3. The van der Waals surface area contributed by atoms with E-state index in [1.54, 1.807) is 17.8 Å². The van der Waals surface area contributed by atoms with E-state index in [2.05, 4.69) is 9.98 Å². The number of amides is 2. The van der Waals surface area contributed by atoms with Crippen molar-refractivity contribution in [1.29, 1.82) is 0 Å². The van der Waals surface area contributed by atoms with Gasteiger partial charge in [-0.3, -0.25) is 15.0 Å². The second-order valence-electron chi connectivity index (χ2n) is 5.79. The van der Waals surface area contributed by atoms with Gasteiger partial charge in [0.25, 0.3) is 11.8 Å². The minimum absolute atomic E-state index is 0.322. The van der Waals surface area contributed by atoms with Gasteiger partial charge in [0.15, 0.2) is 5.82 Å². The Morgan fingerprint density at radius 1 is 1.36 bits per heavy atom. The normalized spacial score (nSPS) is 16.4. The maximum atomic E-state index is 14.3. The van der Waals surface area contributed by atoms with Gasteiger partial charge in [0, 0.05) is 31.1 Å². The number of nitrogens with one attached hydrogen (secondary N) is 2. The standard InChI is InChI=1S/C16H13ClFN5O4S/c1-23-7-13(20-8-23)9-4-11(15(18)12(17)5-9)16(25)21-22-28(26,27)10-2-3-14(24)19-6-10/h2-8,10,22H,1H3,(H,21,25). The van der Waals surface area contributed by atoms with E-state index >= 15 is 0 Å². The number of hydrogen-bond acceptors (Lipinski definition) is 5. The summed E-state index contributed by atoms with van der Waals surface area (Å²) in [5.74, 6) is -2.67. The van der Waals surface area contributed by atoms with E-state index in [0.29, 0.717) is 11.3 Å². The minimum Gasteiger partial charge on any atom is -0.340 e. The first-order valence-corrected chi connectivity index (χ1v) is 9.64. The number of carbonyl (C=O) groups excluding carboxylic acids is 2. The lowest BCUT2D eigenvalue weighted by Gasteiger charge is -2.14. The third kappa shape index (κ3) is 4.16. The molecule has 1 atom stereocenters. The lowest BCUT2D eigenvalue weighted by molar-refractivity contribution is -0.113. The van der Waals surface area contributed by atoms with Gasteiger partial charge in [-0.25, -0.2) is 22.8 Å². The van der Waals surface area contributed by atoms with Crippen molar-refractivity contribution in [3.05, 3.63) is 53.2 Å². The number of benzene rings is 1. The molecule has 0 aliphatic carbocycles. The smallest absolute Gasteiger partial charge is 0.269 e. The molecule has 2 amide bonds. The third-order valence-corrected chi connectivity index (χ3v) is 5.37. The van der Waals surface area contributed by atoms with Crippen molar-refractivity contribution in [2.75, 3.05) is 0 Å². The second-order valence-corrected chi connectivity index (χ2v) is 8.03. The maximum absolute atomic E-state index is 14.3. The summed E-state index contributed by atoms with van der Waals surface area (Å²) >= 11 is 5.86. The van der Waals surface area contributed by atoms with Gasteiger partial charge >= 0.3 is 0 Å². The van der Waals surface area contributed by atoms with E-state index in [9.17, 15) is 22.4 Å². The molecule has 2 N–H and O–H groups in total. The van der Waals surface area contributed by atoms with Crippen molar-refractivity contribution in [1.82, 2.24) is 19.8 Å². The number of aromatic nitrogens is 2. The molecule has 0 spiro atoms. The first kappa shape index (κ1) is 19.9. The molecule has 1 aromatic carbocycles. The number of carbonyl (C=O) groups is 2. The monoisotopic (exact) mass is 425 g/mol. The van der Waals surface area contributed by atoms with Crippen LogP contribution in [0, 0.1) is 5.82 Å². The molecule has 0 saturated heterocycles. The number of dihydropyridines is 1. The van der Waals surface area contributed by atoms with Crippen LogP contribution in [0.25, 0.3) is 11.3 Å². The first-order valence-electron chi connectivity index (χ1n) is 7.72. The van der Waals surface area contributed by atoms with Crippen LogP contribution in [0.3, 0.4) is 0 Å². The largest absolute Gasteiger partial charge is 0.340 e. The van der Waals surface area contributed by atoms with Crippen molar-refractivity contribution in [3.8, 4) is 11.3 Å². The summed E-state index contributed by atoms with van der Waals surface area (Å²) in [6.45, 7) is 0. The molecule has 0 bridgehead atoms. The Labute approximate surface area is 164 Å². The highest BCUT2D eigenvalue weighted by atomic mass is 35.5. The lowest BCUT2D eigenvalue weighted by Crippen LogP contribution is -2.46. The predicted molar refractivity (Wildman–Crippen MR) is 99.6 cm³/mol. The van der Waals surface area contributed by atoms with Gasteiger partial charge in [0.2, 0.25) is 10.0 Å². The Bertz CT molecular complexity index is 1110. The number of halogens is 2. The molecular formula is C16H13ClFN5O4S. The van der Waals surface area contributed by atoms with Crippen molar-refractivity contribution in [3.63, 3.8) is 0 Å². The summed E-state index contributed by atoms with van der Waals surface area (Å²) in [5.41, 5.74) is 2.27. The molecule has 2 aromatic rings. The number of imidazole rings is 1. The number of aliphatic imine (C=N–C) groups is 1. The van der Waals surface area contributed by atoms with Gasteiger partial charge in [-0.1, -0.05) is 17.7 Å². The average Bonchev–Trinajstić information content (AvgIpc) is 3.08. The summed E-state index contributed by atoms with van der Waals surface area (Å²) < 4.78 is 40.3. The fourth-order valence-corrected chi connectivity index (χ4v) is 3.41. The van der Waals surface area contributed by atoms with Gasteiger partial charge in [-0.15, -0.1) is 4.83 Å². The van der Waals surface area contributed by atoms with Crippen molar-refractivity contribution < 1.29 is 22.4 Å². The molecule has 1 aliphatic rings. The molecule has 1 unspecified atom stereocenters. The molecule has 2 heterocycles. The zero-order valence-electron chi connectivity index (χ0n) is 14.3. The quantitative estimate of drug-likeness (QED) is 0.691. The summed E-state index contributed by atoms with van der Waals surface area (Å²) in [4.78, 5) is 32.6. The average molecular weight is 426 g/mol. The van der Waals surface area contributed by atoms with Gasteiger partial charge in [0.1, 0.15) is 5.25 Å².